The number of phenols is 6. The number of Topliss-reactive ketones (excluding diaryl/α,β-unsaturated/α-hetero) is 1. The van der Waals surface area contributed by atoms with E-state index in [0.29, 0.717) is 11.1 Å². The fraction of sp³-hybridized carbons (Fsp3) is 0.138. The van der Waals surface area contributed by atoms with Crippen LogP contribution in [0.25, 0.3) is 0 Å². The predicted molar refractivity (Wildman–Crippen MR) is 134 cm³/mol. The van der Waals surface area contributed by atoms with Crippen LogP contribution in [0.1, 0.15) is 34.1 Å². The SMILES string of the molecule is O=C(C(Cc1ccc(O)cc1)c1ccc(O)cc1O)C(Cc1ccc(O)cc1)c1ccc(O)cc1O. The van der Waals surface area contributed by atoms with E-state index in [0.717, 1.165) is 11.1 Å². The second-order valence-corrected chi connectivity index (χ2v) is 8.73. The average Bonchev–Trinajstić information content (AvgIpc) is 2.84. The fourth-order valence-electron chi connectivity index (χ4n) is 4.36. The molecule has 0 saturated heterocycles. The molecule has 0 spiro atoms. The van der Waals surface area contributed by atoms with E-state index in [9.17, 15) is 35.4 Å². The lowest BCUT2D eigenvalue weighted by Gasteiger charge is -2.25. The summed E-state index contributed by atoms with van der Waals surface area (Å²) in [4.78, 5) is 14.2. The molecule has 2 unspecified atom stereocenters. The molecule has 0 fully saturated rings. The molecule has 7 heteroatoms. The number of rotatable bonds is 8. The molecule has 2 atom stereocenters. The summed E-state index contributed by atoms with van der Waals surface area (Å²) in [7, 11) is 0. The molecule has 0 aliphatic rings. The van der Waals surface area contributed by atoms with Gasteiger partial charge in [-0.15, -0.1) is 0 Å². The highest BCUT2D eigenvalue weighted by atomic mass is 16.3. The van der Waals surface area contributed by atoms with E-state index in [1.54, 1.807) is 24.3 Å². The Bertz CT molecular complexity index is 1260. The molecule has 4 rings (SSSR count). The summed E-state index contributed by atoms with van der Waals surface area (Å²) >= 11 is 0. The minimum absolute atomic E-state index is 0.0772. The van der Waals surface area contributed by atoms with Crippen LogP contribution in [-0.2, 0) is 17.6 Å². The number of phenolic OH excluding ortho intramolecular Hbond substituents is 6. The highest BCUT2D eigenvalue weighted by molar-refractivity contribution is 5.93. The molecule has 184 valence electrons. The maximum atomic E-state index is 14.2. The molecule has 4 aromatic rings. The van der Waals surface area contributed by atoms with E-state index in [1.807, 2.05) is 0 Å². The van der Waals surface area contributed by atoms with Gasteiger partial charge in [0.1, 0.15) is 40.3 Å². The number of ketones is 1. The summed E-state index contributed by atoms with van der Waals surface area (Å²) in [5.74, 6) is -2.68. The Morgan fingerprint density at radius 3 is 1.17 bits per heavy atom. The predicted octanol–water partition coefficient (Wildman–Crippen LogP) is 4.84. The van der Waals surface area contributed by atoms with Crippen LogP contribution in [0.3, 0.4) is 0 Å². The van der Waals surface area contributed by atoms with Crippen LogP contribution in [0.2, 0.25) is 0 Å². The number of carbonyl (C=O) groups excluding carboxylic acids is 1. The first-order chi connectivity index (χ1) is 17.2. The second kappa shape index (κ2) is 10.3. The zero-order valence-corrected chi connectivity index (χ0v) is 19.2. The first-order valence-corrected chi connectivity index (χ1v) is 11.3. The van der Waals surface area contributed by atoms with Gasteiger partial charge in [-0.2, -0.15) is 0 Å². The monoisotopic (exact) mass is 486 g/mol. The maximum absolute atomic E-state index is 14.2. The first kappa shape index (κ1) is 24.5. The Morgan fingerprint density at radius 1 is 0.500 bits per heavy atom. The molecule has 0 aliphatic carbocycles. The Morgan fingerprint density at radius 2 is 0.833 bits per heavy atom. The van der Waals surface area contributed by atoms with Gasteiger partial charge in [0.05, 0.1) is 11.8 Å². The van der Waals surface area contributed by atoms with Crippen molar-refractivity contribution in [2.45, 2.75) is 24.7 Å². The molecule has 0 amide bonds. The molecule has 0 heterocycles. The summed E-state index contributed by atoms with van der Waals surface area (Å²) in [5, 5.41) is 60.2. The van der Waals surface area contributed by atoms with Crippen LogP contribution in [0, 0.1) is 0 Å². The van der Waals surface area contributed by atoms with E-state index in [4.69, 9.17) is 0 Å². The van der Waals surface area contributed by atoms with Crippen molar-refractivity contribution in [1.29, 1.82) is 0 Å². The lowest BCUT2D eigenvalue weighted by molar-refractivity contribution is -0.122. The van der Waals surface area contributed by atoms with Crippen molar-refractivity contribution >= 4 is 5.78 Å². The number of hydrogen-bond acceptors (Lipinski definition) is 7. The van der Waals surface area contributed by atoms with Gasteiger partial charge in [-0.1, -0.05) is 36.4 Å². The average molecular weight is 487 g/mol. The van der Waals surface area contributed by atoms with Gasteiger partial charge in [0.25, 0.3) is 0 Å². The Balaban J connectivity index is 1.81. The van der Waals surface area contributed by atoms with Crippen molar-refractivity contribution in [1.82, 2.24) is 0 Å². The van der Waals surface area contributed by atoms with Crippen molar-refractivity contribution in [2.75, 3.05) is 0 Å². The van der Waals surface area contributed by atoms with Crippen LogP contribution in [-0.4, -0.2) is 36.4 Å². The molecule has 0 saturated carbocycles. The van der Waals surface area contributed by atoms with Crippen molar-refractivity contribution in [3.8, 4) is 34.5 Å². The van der Waals surface area contributed by atoms with Crippen LogP contribution in [0.15, 0.2) is 84.9 Å². The zero-order valence-electron chi connectivity index (χ0n) is 19.2. The minimum atomic E-state index is -0.870. The summed E-state index contributed by atoms with van der Waals surface area (Å²) in [6.45, 7) is 0. The lowest BCUT2D eigenvalue weighted by atomic mass is 9.77. The van der Waals surface area contributed by atoms with Crippen molar-refractivity contribution in [2.24, 2.45) is 0 Å². The molecule has 36 heavy (non-hydrogen) atoms. The molecule has 0 aliphatic heterocycles. The summed E-state index contributed by atoms with van der Waals surface area (Å²) in [5.41, 5.74) is 2.08. The van der Waals surface area contributed by atoms with Crippen molar-refractivity contribution in [3.63, 3.8) is 0 Å². The third kappa shape index (κ3) is 5.52. The second-order valence-electron chi connectivity index (χ2n) is 8.73. The van der Waals surface area contributed by atoms with Crippen LogP contribution in [0.4, 0.5) is 0 Å². The Hall–Kier alpha value is -4.65. The Labute approximate surface area is 207 Å². The van der Waals surface area contributed by atoms with Gasteiger partial charge >= 0.3 is 0 Å². The smallest absolute Gasteiger partial charge is 0.148 e. The number of benzene rings is 4. The van der Waals surface area contributed by atoms with Gasteiger partial charge in [0, 0.05) is 23.3 Å². The van der Waals surface area contributed by atoms with Crippen LogP contribution < -0.4 is 0 Å². The van der Waals surface area contributed by atoms with Gasteiger partial charge in [0.15, 0.2) is 0 Å². The summed E-state index contributed by atoms with van der Waals surface area (Å²) in [6.07, 6.45) is 0.366. The number of carbonyl (C=O) groups is 1. The normalized spacial score (nSPS) is 12.7. The summed E-state index contributed by atoms with van der Waals surface area (Å²) < 4.78 is 0. The van der Waals surface area contributed by atoms with E-state index in [-0.39, 0.29) is 53.1 Å². The third-order valence-corrected chi connectivity index (χ3v) is 6.22. The van der Waals surface area contributed by atoms with Gasteiger partial charge in [-0.25, -0.2) is 0 Å². The topological polar surface area (TPSA) is 138 Å². The van der Waals surface area contributed by atoms with Crippen molar-refractivity contribution < 1.29 is 35.4 Å². The molecule has 0 radical (unpaired) electrons. The Kier molecular flexibility index (Phi) is 7.01. The van der Waals surface area contributed by atoms with E-state index in [1.165, 1.54) is 60.7 Å². The quantitative estimate of drug-likeness (QED) is 0.209. The number of hydrogen-bond donors (Lipinski definition) is 6. The molecule has 4 aromatic carbocycles. The van der Waals surface area contributed by atoms with Crippen LogP contribution in [0.5, 0.6) is 34.5 Å². The first-order valence-electron chi connectivity index (χ1n) is 11.3. The van der Waals surface area contributed by atoms with Crippen molar-refractivity contribution in [3.05, 3.63) is 107 Å². The maximum Gasteiger partial charge on any atom is 0.148 e. The minimum Gasteiger partial charge on any atom is -0.508 e. The van der Waals surface area contributed by atoms with Gasteiger partial charge < -0.3 is 30.6 Å². The largest absolute Gasteiger partial charge is 0.508 e. The molecule has 0 aromatic heterocycles. The highest BCUT2D eigenvalue weighted by Crippen LogP contribution is 2.40. The van der Waals surface area contributed by atoms with Gasteiger partial charge in [-0.3, -0.25) is 4.79 Å². The summed E-state index contributed by atoms with van der Waals surface area (Å²) in [6, 6.07) is 20.8. The molecular weight excluding hydrogens is 460 g/mol. The van der Waals surface area contributed by atoms with E-state index in [2.05, 4.69) is 0 Å². The van der Waals surface area contributed by atoms with Crippen LogP contribution >= 0.6 is 0 Å². The highest BCUT2D eigenvalue weighted by Gasteiger charge is 2.33. The zero-order chi connectivity index (χ0) is 25.8. The molecular formula is C29H26O7. The fourth-order valence-corrected chi connectivity index (χ4v) is 4.36. The molecule has 6 N–H and O–H groups in total. The van der Waals surface area contributed by atoms with E-state index >= 15 is 0 Å². The van der Waals surface area contributed by atoms with E-state index < -0.39 is 11.8 Å². The molecule has 0 bridgehead atoms. The lowest BCUT2D eigenvalue weighted by Crippen LogP contribution is -2.24. The van der Waals surface area contributed by atoms with Gasteiger partial charge in [-0.05, 0) is 60.4 Å². The third-order valence-electron chi connectivity index (χ3n) is 6.22. The molecule has 7 nitrogen and oxygen atoms in total. The standard InChI is InChI=1S/C29H26O7/c30-19-5-1-17(2-6-19)13-25(23-11-9-21(32)15-27(23)34)29(36)26(14-18-3-7-20(31)8-4-18)24-12-10-22(33)16-28(24)35/h1-12,15-16,25-26,30-35H,13-14H2. The van der Waals surface area contributed by atoms with Gasteiger partial charge in [0.2, 0.25) is 0 Å². The number of aromatic hydroxyl groups is 6.